The smallest absolute Gasteiger partial charge is 0.329 e. The van der Waals surface area contributed by atoms with Crippen LogP contribution in [0.25, 0.3) is 0 Å². The normalized spacial score (nSPS) is 13.9. The highest BCUT2D eigenvalue weighted by Crippen LogP contribution is 2.31. The maximum absolute atomic E-state index is 12.9. The van der Waals surface area contributed by atoms with Crippen molar-refractivity contribution in [3.05, 3.63) is 62.6 Å². The summed E-state index contributed by atoms with van der Waals surface area (Å²) in [6, 6.07) is 8.65. The summed E-state index contributed by atoms with van der Waals surface area (Å²) < 4.78 is 5.89. The molecule has 1 aliphatic heterocycles. The van der Waals surface area contributed by atoms with E-state index in [1.165, 1.54) is 0 Å². The van der Waals surface area contributed by atoms with Crippen molar-refractivity contribution in [1.29, 1.82) is 0 Å². The Hall–Kier alpha value is -2.71. The summed E-state index contributed by atoms with van der Waals surface area (Å²) in [6.45, 7) is 4.91. The molecule has 0 fully saturated rings. The van der Waals surface area contributed by atoms with E-state index in [0.717, 1.165) is 4.90 Å². The fraction of sp³-hybridized carbons (Fsp3) is 0.304. The van der Waals surface area contributed by atoms with Crippen LogP contribution < -0.4 is 5.32 Å². The fourth-order valence-corrected chi connectivity index (χ4v) is 4.05. The van der Waals surface area contributed by atoms with E-state index in [2.05, 4.69) is 21.2 Å². The maximum Gasteiger partial charge on any atom is 0.329 e. The first-order chi connectivity index (χ1) is 15.1. The number of hydrogen-bond donors (Lipinski definition) is 1. The van der Waals surface area contributed by atoms with E-state index in [1.54, 1.807) is 43.3 Å². The van der Waals surface area contributed by atoms with Gasteiger partial charge in [-0.05, 0) is 65.0 Å². The van der Waals surface area contributed by atoms with Crippen molar-refractivity contribution in [2.24, 2.45) is 5.92 Å². The number of esters is 1. The molecule has 7 nitrogen and oxygen atoms in total. The summed E-state index contributed by atoms with van der Waals surface area (Å²) in [5.74, 6) is -2.46. The van der Waals surface area contributed by atoms with E-state index < -0.39 is 36.3 Å². The Morgan fingerprint density at radius 1 is 1.09 bits per heavy atom. The molecule has 3 amide bonds. The van der Waals surface area contributed by atoms with Gasteiger partial charge in [0.1, 0.15) is 6.04 Å². The second kappa shape index (κ2) is 9.83. The lowest BCUT2D eigenvalue weighted by Crippen LogP contribution is -2.46. The summed E-state index contributed by atoms with van der Waals surface area (Å²) >= 11 is 9.48. The summed E-state index contributed by atoms with van der Waals surface area (Å²) in [7, 11) is 0. The molecule has 2 aromatic carbocycles. The average Bonchev–Trinajstić information content (AvgIpc) is 3.01. The molecule has 0 aliphatic carbocycles. The molecular weight excluding hydrogens is 500 g/mol. The minimum Gasteiger partial charge on any atom is -0.454 e. The second-order valence-corrected chi connectivity index (χ2v) is 9.09. The molecule has 1 aliphatic rings. The molecule has 1 heterocycles. The third kappa shape index (κ3) is 4.86. The monoisotopic (exact) mass is 520 g/mol. The summed E-state index contributed by atoms with van der Waals surface area (Å²) in [4.78, 5) is 51.8. The first kappa shape index (κ1) is 23.9. The molecule has 0 aromatic heterocycles. The molecule has 0 saturated carbocycles. The lowest BCUT2D eigenvalue weighted by molar-refractivity contribution is -0.151. The van der Waals surface area contributed by atoms with E-state index in [0.29, 0.717) is 20.7 Å². The number of imide groups is 1. The van der Waals surface area contributed by atoms with Crippen molar-refractivity contribution in [2.45, 2.75) is 33.2 Å². The number of amides is 3. The molecule has 2 aromatic rings. The van der Waals surface area contributed by atoms with Gasteiger partial charge in [0.2, 0.25) is 0 Å². The summed E-state index contributed by atoms with van der Waals surface area (Å²) in [5, 5.41) is 3.11. The zero-order valence-corrected chi connectivity index (χ0v) is 20.1. The van der Waals surface area contributed by atoms with E-state index in [4.69, 9.17) is 16.3 Å². The molecule has 168 valence electrons. The van der Waals surface area contributed by atoms with Gasteiger partial charge >= 0.3 is 5.97 Å². The van der Waals surface area contributed by atoms with Crippen LogP contribution in [-0.4, -0.2) is 41.2 Å². The zero-order chi connectivity index (χ0) is 23.6. The minimum atomic E-state index is -1.13. The van der Waals surface area contributed by atoms with E-state index >= 15 is 0 Å². The quantitative estimate of drug-likeness (QED) is 0.424. The van der Waals surface area contributed by atoms with Crippen molar-refractivity contribution in [3.63, 3.8) is 0 Å². The number of carbonyl (C=O) groups is 4. The molecule has 1 N–H and O–H groups in total. The van der Waals surface area contributed by atoms with E-state index in [1.807, 2.05) is 13.8 Å². The number of fused-ring (bicyclic) bond motifs is 1. The topological polar surface area (TPSA) is 92.8 Å². The average molecular weight is 522 g/mol. The van der Waals surface area contributed by atoms with Gasteiger partial charge in [-0.1, -0.05) is 37.6 Å². The number of benzene rings is 2. The van der Waals surface area contributed by atoms with E-state index in [-0.39, 0.29) is 23.5 Å². The predicted molar refractivity (Wildman–Crippen MR) is 124 cm³/mol. The Labute approximate surface area is 199 Å². The van der Waals surface area contributed by atoms with Gasteiger partial charge in [-0.2, -0.15) is 0 Å². The lowest BCUT2D eigenvalue weighted by atomic mass is 10.0. The number of anilines is 1. The van der Waals surface area contributed by atoms with Crippen LogP contribution in [0.4, 0.5) is 5.69 Å². The van der Waals surface area contributed by atoms with Gasteiger partial charge < -0.3 is 10.1 Å². The molecule has 9 heteroatoms. The van der Waals surface area contributed by atoms with Crippen LogP contribution in [0.2, 0.25) is 5.02 Å². The fourth-order valence-electron chi connectivity index (χ4n) is 3.45. The lowest BCUT2D eigenvalue weighted by Gasteiger charge is -2.25. The van der Waals surface area contributed by atoms with Crippen molar-refractivity contribution < 1.29 is 23.9 Å². The van der Waals surface area contributed by atoms with Gasteiger partial charge in [-0.3, -0.25) is 19.3 Å². The van der Waals surface area contributed by atoms with Crippen molar-refractivity contribution in [1.82, 2.24) is 4.90 Å². The van der Waals surface area contributed by atoms with Gasteiger partial charge in [0.25, 0.3) is 17.7 Å². The Morgan fingerprint density at radius 2 is 1.69 bits per heavy atom. The van der Waals surface area contributed by atoms with Gasteiger partial charge in [0, 0.05) is 10.2 Å². The van der Waals surface area contributed by atoms with Crippen LogP contribution in [0.5, 0.6) is 0 Å². The summed E-state index contributed by atoms with van der Waals surface area (Å²) in [5.41, 5.74) is 1.64. The van der Waals surface area contributed by atoms with Crippen LogP contribution in [0.1, 0.15) is 46.5 Å². The Morgan fingerprint density at radius 3 is 2.25 bits per heavy atom. The molecule has 0 bridgehead atoms. The second-order valence-electron chi connectivity index (χ2n) is 7.86. The van der Waals surface area contributed by atoms with Crippen LogP contribution in [0.3, 0.4) is 0 Å². The highest BCUT2D eigenvalue weighted by Gasteiger charge is 2.43. The number of nitrogens with one attached hydrogen (secondary N) is 1. The Bertz CT molecular complexity index is 1070. The number of ether oxygens (including phenoxy) is 1. The molecule has 32 heavy (non-hydrogen) atoms. The van der Waals surface area contributed by atoms with Crippen LogP contribution in [0, 0.1) is 12.8 Å². The van der Waals surface area contributed by atoms with Crippen LogP contribution in [-0.2, 0) is 14.3 Å². The van der Waals surface area contributed by atoms with Crippen LogP contribution in [0.15, 0.2) is 40.9 Å². The molecule has 0 radical (unpaired) electrons. The SMILES string of the molecule is Cc1c(NC(=O)COC(=O)[C@@H](CC(C)C)N2C(=O)c3ccccc3C2=O)ccc(Br)c1Cl. The highest BCUT2D eigenvalue weighted by molar-refractivity contribution is 9.10. The third-order valence-electron chi connectivity index (χ3n) is 5.06. The first-order valence-electron chi connectivity index (χ1n) is 9.99. The number of hydrogen-bond acceptors (Lipinski definition) is 5. The standard InChI is InChI=1S/C23H22BrClN2O5/c1-12(2)10-18(27-21(29)14-6-4-5-7-15(14)22(27)30)23(31)32-11-19(28)26-17-9-8-16(24)20(25)13(17)3/h4-9,12,18H,10-11H2,1-3H3,(H,26,28)/t18-/m1/s1. The number of nitrogens with zero attached hydrogens (tertiary/aromatic N) is 1. The molecule has 0 spiro atoms. The molecule has 3 rings (SSSR count). The Kier molecular flexibility index (Phi) is 7.36. The van der Waals surface area contributed by atoms with Crippen molar-refractivity contribution in [2.75, 3.05) is 11.9 Å². The number of rotatable bonds is 7. The van der Waals surface area contributed by atoms with Crippen LogP contribution >= 0.6 is 27.5 Å². The third-order valence-corrected chi connectivity index (χ3v) is 6.44. The molecule has 0 unspecified atom stereocenters. The van der Waals surface area contributed by atoms with Gasteiger partial charge in [-0.15, -0.1) is 0 Å². The molecule has 1 atom stereocenters. The summed E-state index contributed by atoms with van der Waals surface area (Å²) in [6.07, 6.45) is 0.216. The first-order valence-corrected chi connectivity index (χ1v) is 11.2. The van der Waals surface area contributed by atoms with Gasteiger partial charge in [0.15, 0.2) is 6.61 Å². The molecular formula is C23H22BrClN2O5. The maximum atomic E-state index is 12.9. The van der Waals surface area contributed by atoms with Gasteiger partial charge in [0.05, 0.1) is 16.1 Å². The van der Waals surface area contributed by atoms with E-state index in [9.17, 15) is 19.2 Å². The predicted octanol–water partition coefficient (Wildman–Crippen LogP) is 4.60. The minimum absolute atomic E-state index is 0.00162. The largest absolute Gasteiger partial charge is 0.454 e. The van der Waals surface area contributed by atoms with Crippen molar-refractivity contribution >= 4 is 56.9 Å². The van der Waals surface area contributed by atoms with Crippen molar-refractivity contribution in [3.8, 4) is 0 Å². The molecule has 0 saturated heterocycles. The number of halogens is 2. The highest BCUT2D eigenvalue weighted by atomic mass is 79.9. The van der Waals surface area contributed by atoms with Gasteiger partial charge in [-0.25, -0.2) is 4.79 Å². The zero-order valence-electron chi connectivity index (χ0n) is 17.8. The number of carbonyl (C=O) groups excluding carboxylic acids is 4. The Balaban J connectivity index is 1.71.